The van der Waals surface area contributed by atoms with E-state index in [1.165, 1.54) is 6.07 Å². The maximum atomic E-state index is 13.2. The first-order valence-corrected chi connectivity index (χ1v) is 5.62. The van der Waals surface area contributed by atoms with E-state index in [2.05, 4.69) is 4.18 Å². The van der Waals surface area contributed by atoms with Crippen LogP contribution in [0.2, 0.25) is 0 Å². The molecule has 0 amide bonds. The van der Waals surface area contributed by atoms with Gasteiger partial charge in [0, 0.05) is 6.42 Å². The highest BCUT2D eigenvalue weighted by molar-refractivity contribution is 7.80. The Morgan fingerprint density at radius 1 is 1.47 bits per heavy atom. The first kappa shape index (κ1) is 12.1. The van der Waals surface area contributed by atoms with Crippen molar-refractivity contribution >= 4 is 10.4 Å². The van der Waals surface area contributed by atoms with Gasteiger partial charge in [-0.3, -0.25) is 4.55 Å². The van der Waals surface area contributed by atoms with Crippen LogP contribution in [0.5, 0.6) is 0 Å². The Kier molecular flexibility index (Phi) is 3.78. The molecule has 0 heterocycles. The van der Waals surface area contributed by atoms with Gasteiger partial charge in [-0.2, -0.15) is 8.42 Å². The molecule has 0 spiro atoms. The summed E-state index contributed by atoms with van der Waals surface area (Å²) in [7, 11) is -4.44. The van der Waals surface area contributed by atoms with Crippen LogP contribution in [0.4, 0.5) is 4.39 Å². The maximum absolute atomic E-state index is 13.2. The van der Waals surface area contributed by atoms with Crippen molar-refractivity contribution in [2.24, 2.45) is 0 Å². The average molecular weight is 234 g/mol. The highest BCUT2D eigenvalue weighted by Gasteiger charge is 2.08. The lowest BCUT2D eigenvalue weighted by Crippen LogP contribution is -2.08. The van der Waals surface area contributed by atoms with Crippen LogP contribution in [0, 0.1) is 12.7 Å². The first-order chi connectivity index (χ1) is 6.90. The molecule has 1 N–H and O–H groups in total. The Hall–Kier alpha value is -0.980. The zero-order chi connectivity index (χ0) is 11.5. The van der Waals surface area contributed by atoms with Crippen LogP contribution < -0.4 is 0 Å². The lowest BCUT2D eigenvalue weighted by Gasteiger charge is -2.06. The molecule has 0 saturated carbocycles. The Morgan fingerprint density at radius 2 is 2.13 bits per heavy atom. The van der Waals surface area contributed by atoms with Gasteiger partial charge in [-0.15, -0.1) is 0 Å². The minimum absolute atomic E-state index is 0.0955. The highest BCUT2D eigenvalue weighted by Crippen LogP contribution is 2.13. The van der Waals surface area contributed by atoms with E-state index in [-0.39, 0.29) is 13.0 Å². The third-order valence-corrected chi connectivity index (χ3v) is 2.40. The first-order valence-electron chi connectivity index (χ1n) is 4.26. The summed E-state index contributed by atoms with van der Waals surface area (Å²) in [5.41, 5.74) is 1.11. The third kappa shape index (κ3) is 3.94. The molecule has 0 aromatic heterocycles. The molecule has 0 atom stereocenters. The predicted molar refractivity (Wildman–Crippen MR) is 52.3 cm³/mol. The zero-order valence-corrected chi connectivity index (χ0v) is 8.92. The molecule has 84 valence electrons. The summed E-state index contributed by atoms with van der Waals surface area (Å²) in [5.74, 6) is -0.408. The van der Waals surface area contributed by atoms with Crippen LogP contribution in [-0.4, -0.2) is 19.6 Å². The van der Waals surface area contributed by atoms with Crippen molar-refractivity contribution in [3.05, 3.63) is 35.1 Å². The van der Waals surface area contributed by atoms with Crippen molar-refractivity contribution in [3.63, 3.8) is 0 Å². The minimum atomic E-state index is -4.44. The quantitative estimate of drug-likeness (QED) is 0.802. The molecule has 0 fully saturated rings. The van der Waals surface area contributed by atoms with Crippen molar-refractivity contribution in [2.75, 3.05) is 6.61 Å². The molecule has 0 saturated heterocycles. The summed E-state index contributed by atoms with van der Waals surface area (Å²) in [6, 6.07) is 4.57. The molecule has 4 nitrogen and oxygen atoms in total. The predicted octanol–water partition coefficient (Wildman–Crippen LogP) is 1.50. The van der Waals surface area contributed by atoms with Gasteiger partial charge in [0.2, 0.25) is 0 Å². The normalized spacial score (nSPS) is 11.7. The molecular weight excluding hydrogens is 223 g/mol. The summed E-state index contributed by atoms with van der Waals surface area (Å²) < 4.78 is 46.1. The number of rotatable bonds is 4. The maximum Gasteiger partial charge on any atom is 0.397 e. The average Bonchev–Trinajstić information content (AvgIpc) is 2.08. The molecule has 1 rings (SSSR count). The third-order valence-electron chi connectivity index (χ3n) is 1.94. The molecule has 1 aromatic carbocycles. The number of hydrogen-bond donors (Lipinski definition) is 1. The Balaban J connectivity index is 2.66. The second-order valence-electron chi connectivity index (χ2n) is 3.03. The van der Waals surface area contributed by atoms with Gasteiger partial charge in [-0.1, -0.05) is 12.1 Å². The molecular formula is C9H11FO4S. The minimum Gasteiger partial charge on any atom is -0.264 e. The largest absolute Gasteiger partial charge is 0.397 e. The smallest absolute Gasteiger partial charge is 0.264 e. The molecule has 1 aromatic rings. The van der Waals surface area contributed by atoms with Crippen LogP contribution in [0.3, 0.4) is 0 Å². The molecule has 0 bridgehead atoms. The molecule has 6 heteroatoms. The van der Waals surface area contributed by atoms with Crippen LogP contribution in [0.1, 0.15) is 11.1 Å². The summed E-state index contributed by atoms with van der Waals surface area (Å²) in [6.45, 7) is 1.44. The lowest BCUT2D eigenvalue weighted by atomic mass is 10.1. The second kappa shape index (κ2) is 4.69. The number of benzene rings is 1. The van der Waals surface area contributed by atoms with Gasteiger partial charge in [0.25, 0.3) is 0 Å². The summed E-state index contributed by atoms with van der Waals surface area (Å²) in [5, 5.41) is 0. The monoisotopic (exact) mass is 234 g/mol. The van der Waals surface area contributed by atoms with Crippen LogP contribution >= 0.6 is 0 Å². The Bertz CT molecular complexity index is 421. The van der Waals surface area contributed by atoms with Crippen LogP contribution in [-0.2, 0) is 21.0 Å². The van der Waals surface area contributed by atoms with E-state index in [0.717, 1.165) is 0 Å². The second-order valence-corrected chi connectivity index (χ2v) is 4.13. The van der Waals surface area contributed by atoms with Gasteiger partial charge < -0.3 is 0 Å². The summed E-state index contributed by atoms with van der Waals surface area (Å²) >= 11 is 0. The van der Waals surface area contributed by atoms with E-state index in [1.807, 2.05) is 0 Å². The fourth-order valence-corrected chi connectivity index (χ4v) is 1.53. The van der Waals surface area contributed by atoms with Crippen molar-refractivity contribution in [3.8, 4) is 0 Å². The highest BCUT2D eigenvalue weighted by atomic mass is 32.3. The van der Waals surface area contributed by atoms with Crippen molar-refractivity contribution in [1.29, 1.82) is 0 Å². The van der Waals surface area contributed by atoms with Crippen molar-refractivity contribution < 1.29 is 21.5 Å². The molecule has 15 heavy (non-hydrogen) atoms. The van der Waals surface area contributed by atoms with E-state index >= 15 is 0 Å². The number of aryl methyl sites for hydroxylation is 1. The van der Waals surface area contributed by atoms with E-state index in [1.54, 1.807) is 19.1 Å². The van der Waals surface area contributed by atoms with E-state index in [4.69, 9.17) is 4.55 Å². The Morgan fingerprint density at radius 3 is 2.67 bits per heavy atom. The molecule has 0 aliphatic rings. The van der Waals surface area contributed by atoms with E-state index in [0.29, 0.717) is 11.1 Å². The summed E-state index contributed by atoms with van der Waals surface area (Å²) in [6.07, 6.45) is 0.0955. The van der Waals surface area contributed by atoms with E-state index in [9.17, 15) is 12.8 Å². The van der Waals surface area contributed by atoms with Gasteiger partial charge in [0.15, 0.2) is 0 Å². The van der Waals surface area contributed by atoms with Gasteiger partial charge in [0.05, 0.1) is 6.61 Å². The van der Waals surface area contributed by atoms with Crippen LogP contribution in [0.25, 0.3) is 0 Å². The molecule has 0 unspecified atom stereocenters. The lowest BCUT2D eigenvalue weighted by molar-refractivity contribution is 0.270. The summed E-state index contributed by atoms with van der Waals surface area (Å²) in [4.78, 5) is 0. The van der Waals surface area contributed by atoms with Crippen molar-refractivity contribution in [2.45, 2.75) is 13.3 Å². The van der Waals surface area contributed by atoms with Crippen LogP contribution in [0.15, 0.2) is 18.2 Å². The molecule has 0 aliphatic heterocycles. The Labute approximate surface area is 87.6 Å². The fraction of sp³-hybridized carbons (Fsp3) is 0.333. The van der Waals surface area contributed by atoms with Crippen molar-refractivity contribution in [1.82, 2.24) is 0 Å². The van der Waals surface area contributed by atoms with Gasteiger partial charge in [-0.05, 0) is 24.1 Å². The van der Waals surface area contributed by atoms with Gasteiger partial charge in [-0.25, -0.2) is 8.57 Å². The standard InChI is InChI=1S/C9H11FO4S/c1-7-3-2-4-9(10)8(7)5-6-14-15(11,12)13/h2-4H,5-6H2,1H3,(H,11,12,13). The molecule has 0 aliphatic carbocycles. The topological polar surface area (TPSA) is 63.6 Å². The van der Waals surface area contributed by atoms with Gasteiger partial charge >= 0.3 is 10.4 Å². The van der Waals surface area contributed by atoms with E-state index < -0.39 is 16.2 Å². The van der Waals surface area contributed by atoms with Gasteiger partial charge in [0.1, 0.15) is 5.82 Å². The number of hydrogen-bond acceptors (Lipinski definition) is 3. The molecule has 0 radical (unpaired) electrons. The fourth-order valence-electron chi connectivity index (χ4n) is 1.23. The zero-order valence-electron chi connectivity index (χ0n) is 8.10. The number of halogens is 1. The SMILES string of the molecule is Cc1cccc(F)c1CCOS(=O)(=O)O.